The molecule has 3 fully saturated rings. The predicted molar refractivity (Wildman–Crippen MR) is 88.1 cm³/mol. The maximum atomic E-state index is 13.0. The summed E-state index contributed by atoms with van der Waals surface area (Å²) in [5.74, 6) is 1.44. The summed E-state index contributed by atoms with van der Waals surface area (Å²) in [6.45, 7) is 0. The third-order valence-corrected chi connectivity index (χ3v) is 5.82. The maximum absolute atomic E-state index is 13.0. The van der Waals surface area contributed by atoms with Crippen LogP contribution in [0.4, 0.5) is 0 Å². The largest absolute Gasteiger partial charge is 0.474 e. The topological polar surface area (TPSA) is 42.4 Å². The van der Waals surface area contributed by atoms with Gasteiger partial charge >= 0.3 is 0 Å². The van der Waals surface area contributed by atoms with E-state index < -0.39 is 0 Å². The lowest BCUT2D eigenvalue weighted by Crippen LogP contribution is -2.51. The van der Waals surface area contributed by atoms with Crippen LogP contribution >= 0.6 is 0 Å². The second-order valence-corrected chi connectivity index (χ2v) is 7.34. The van der Waals surface area contributed by atoms with Crippen molar-refractivity contribution in [2.45, 2.75) is 76.0 Å². The van der Waals surface area contributed by atoms with Gasteiger partial charge < -0.3 is 9.64 Å². The molecule has 1 aliphatic carbocycles. The van der Waals surface area contributed by atoms with Crippen molar-refractivity contribution in [3.05, 3.63) is 24.4 Å². The van der Waals surface area contributed by atoms with Gasteiger partial charge in [-0.15, -0.1) is 0 Å². The average molecular weight is 314 g/mol. The molecule has 2 unspecified atom stereocenters. The highest BCUT2D eigenvalue weighted by Gasteiger charge is 2.45. The lowest BCUT2D eigenvalue weighted by atomic mass is 9.87. The fourth-order valence-electron chi connectivity index (χ4n) is 4.73. The molecule has 0 aromatic carbocycles. The zero-order chi connectivity index (χ0) is 15.6. The van der Waals surface area contributed by atoms with E-state index in [2.05, 4.69) is 9.88 Å². The van der Waals surface area contributed by atoms with Crippen molar-refractivity contribution in [3.8, 4) is 5.88 Å². The zero-order valence-corrected chi connectivity index (χ0v) is 13.7. The van der Waals surface area contributed by atoms with Gasteiger partial charge in [-0.05, 0) is 31.7 Å². The Bertz CT molecular complexity index is 528. The number of rotatable bonds is 3. The van der Waals surface area contributed by atoms with E-state index in [1.165, 1.54) is 19.3 Å². The van der Waals surface area contributed by atoms with E-state index in [0.29, 0.717) is 29.8 Å². The van der Waals surface area contributed by atoms with Gasteiger partial charge in [0.05, 0.1) is 0 Å². The van der Waals surface area contributed by atoms with Crippen LogP contribution < -0.4 is 4.74 Å². The molecule has 4 rings (SSSR count). The molecule has 4 nitrogen and oxygen atoms in total. The van der Waals surface area contributed by atoms with E-state index in [1.807, 2.05) is 18.2 Å². The number of piperidine rings is 1. The Hall–Kier alpha value is -1.58. The van der Waals surface area contributed by atoms with E-state index in [4.69, 9.17) is 4.74 Å². The van der Waals surface area contributed by atoms with Crippen LogP contribution in [0.1, 0.15) is 57.8 Å². The van der Waals surface area contributed by atoms with Crippen LogP contribution in [0, 0.1) is 5.92 Å². The zero-order valence-electron chi connectivity index (χ0n) is 13.7. The monoisotopic (exact) mass is 314 g/mol. The first-order valence-corrected chi connectivity index (χ1v) is 9.21. The maximum Gasteiger partial charge on any atom is 0.226 e. The first-order chi connectivity index (χ1) is 11.3. The normalized spacial score (nSPS) is 31.1. The van der Waals surface area contributed by atoms with Gasteiger partial charge in [-0.1, -0.05) is 25.3 Å². The lowest BCUT2D eigenvalue weighted by molar-refractivity contribution is -0.142. The Kier molecular flexibility index (Phi) is 4.23. The van der Waals surface area contributed by atoms with E-state index in [9.17, 15) is 4.79 Å². The molecular formula is C19H26N2O2. The van der Waals surface area contributed by atoms with E-state index in [0.717, 1.165) is 38.5 Å². The molecule has 0 N–H and O–H groups in total. The van der Waals surface area contributed by atoms with Crippen LogP contribution in [0.2, 0.25) is 0 Å². The number of carbonyl (C=O) groups is 1. The minimum absolute atomic E-state index is 0.206. The van der Waals surface area contributed by atoms with Crippen molar-refractivity contribution < 1.29 is 9.53 Å². The molecule has 1 amide bonds. The second-order valence-electron chi connectivity index (χ2n) is 7.34. The molecule has 4 heteroatoms. The molecule has 2 bridgehead atoms. The lowest BCUT2D eigenvalue weighted by Gasteiger charge is -2.41. The fraction of sp³-hybridized carbons (Fsp3) is 0.684. The highest BCUT2D eigenvalue weighted by Crippen LogP contribution is 2.39. The van der Waals surface area contributed by atoms with Crippen LogP contribution in [0.3, 0.4) is 0 Å². The number of hydrogen-bond acceptors (Lipinski definition) is 3. The summed E-state index contributed by atoms with van der Waals surface area (Å²) in [4.78, 5) is 19.5. The summed E-state index contributed by atoms with van der Waals surface area (Å²) in [6.07, 6.45) is 12.1. The summed E-state index contributed by atoms with van der Waals surface area (Å²) < 4.78 is 6.06. The summed E-state index contributed by atoms with van der Waals surface area (Å²) in [5, 5.41) is 0. The molecule has 124 valence electrons. The van der Waals surface area contributed by atoms with Crippen LogP contribution in [-0.4, -0.2) is 34.0 Å². The standard InChI is InChI=1S/C19H26N2O2/c22-19(14-6-2-1-3-7-14)21-15-9-10-16(21)13-17(12-15)23-18-8-4-5-11-20-18/h4-5,8,11,14-17H,1-3,6-7,9-10,12-13H2. The first kappa shape index (κ1) is 15.0. The van der Waals surface area contributed by atoms with Gasteiger partial charge in [0, 0.05) is 43.1 Å². The van der Waals surface area contributed by atoms with E-state index in [-0.39, 0.29) is 6.10 Å². The van der Waals surface area contributed by atoms with Gasteiger partial charge in [0.25, 0.3) is 0 Å². The summed E-state index contributed by atoms with van der Waals surface area (Å²) in [6, 6.07) is 6.55. The number of nitrogens with zero attached hydrogens (tertiary/aromatic N) is 2. The highest BCUT2D eigenvalue weighted by molar-refractivity contribution is 5.80. The van der Waals surface area contributed by atoms with Gasteiger partial charge in [-0.2, -0.15) is 0 Å². The third-order valence-electron chi connectivity index (χ3n) is 5.82. The number of pyridine rings is 1. The summed E-state index contributed by atoms with van der Waals surface area (Å²) in [5.41, 5.74) is 0. The van der Waals surface area contributed by atoms with Crippen molar-refractivity contribution in [1.29, 1.82) is 0 Å². The Morgan fingerprint density at radius 2 is 1.78 bits per heavy atom. The molecule has 23 heavy (non-hydrogen) atoms. The number of ether oxygens (including phenoxy) is 1. The van der Waals surface area contributed by atoms with Gasteiger partial charge in [-0.25, -0.2) is 4.98 Å². The fourth-order valence-corrected chi connectivity index (χ4v) is 4.73. The third kappa shape index (κ3) is 3.08. The van der Waals surface area contributed by atoms with E-state index in [1.54, 1.807) is 6.20 Å². The van der Waals surface area contributed by atoms with Crippen LogP contribution in [0.15, 0.2) is 24.4 Å². The Labute approximate surface area is 138 Å². The molecule has 3 aliphatic rings. The molecule has 3 heterocycles. The van der Waals surface area contributed by atoms with Crippen LogP contribution in [0.25, 0.3) is 0 Å². The van der Waals surface area contributed by atoms with Gasteiger partial charge in [-0.3, -0.25) is 4.79 Å². The molecule has 0 radical (unpaired) electrons. The number of fused-ring (bicyclic) bond motifs is 2. The molecule has 1 aromatic rings. The van der Waals surface area contributed by atoms with Crippen molar-refractivity contribution in [2.24, 2.45) is 5.92 Å². The van der Waals surface area contributed by atoms with Crippen molar-refractivity contribution in [1.82, 2.24) is 9.88 Å². The summed E-state index contributed by atoms with van der Waals surface area (Å²) in [7, 11) is 0. The second kappa shape index (κ2) is 6.50. The molecule has 2 saturated heterocycles. The minimum Gasteiger partial charge on any atom is -0.474 e. The van der Waals surface area contributed by atoms with E-state index >= 15 is 0 Å². The Balaban J connectivity index is 1.40. The summed E-state index contributed by atoms with van der Waals surface area (Å²) >= 11 is 0. The average Bonchev–Trinajstić information content (AvgIpc) is 2.87. The molecule has 0 spiro atoms. The number of carbonyl (C=O) groups excluding carboxylic acids is 1. The van der Waals surface area contributed by atoms with Crippen LogP contribution in [0.5, 0.6) is 5.88 Å². The molecule has 1 aromatic heterocycles. The van der Waals surface area contributed by atoms with Crippen molar-refractivity contribution >= 4 is 5.91 Å². The highest BCUT2D eigenvalue weighted by atomic mass is 16.5. The minimum atomic E-state index is 0.206. The quantitative estimate of drug-likeness (QED) is 0.856. The molecule has 1 saturated carbocycles. The number of aromatic nitrogens is 1. The van der Waals surface area contributed by atoms with Gasteiger partial charge in [0.2, 0.25) is 11.8 Å². The Morgan fingerprint density at radius 1 is 1.04 bits per heavy atom. The number of hydrogen-bond donors (Lipinski definition) is 0. The molecular weight excluding hydrogens is 288 g/mol. The molecule has 2 aliphatic heterocycles. The van der Waals surface area contributed by atoms with Crippen LogP contribution in [-0.2, 0) is 4.79 Å². The van der Waals surface area contributed by atoms with Crippen molar-refractivity contribution in [3.63, 3.8) is 0 Å². The molecule has 2 atom stereocenters. The van der Waals surface area contributed by atoms with Gasteiger partial charge in [0.15, 0.2) is 0 Å². The van der Waals surface area contributed by atoms with Gasteiger partial charge in [0.1, 0.15) is 6.10 Å². The smallest absolute Gasteiger partial charge is 0.226 e. The predicted octanol–water partition coefficient (Wildman–Crippen LogP) is 3.56. The van der Waals surface area contributed by atoms with Crippen molar-refractivity contribution in [2.75, 3.05) is 0 Å². The first-order valence-electron chi connectivity index (χ1n) is 9.21. The SMILES string of the molecule is O=C(C1CCCCC1)N1C2CCC1CC(Oc1ccccn1)C2. The Morgan fingerprint density at radius 3 is 2.43 bits per heavy atom. The number of amides is 1.